The van der Waals surface area contributed by atoms with Gasteiger partial charge >= 0.3 is 5.97 Å². The largest absolute Gasteiger partial charge is 0.461 e. The van der Waals surface area contributed by atoms with Crippen LogP contribution in [0.4, 0.5) is 0 Å². The highest BCUT2D eigenvalue weighted by molar-refractivity contribution is 7.17. The maximum absolute atomic E-state index is 11.9. The third-order valence-corrected chi connectivity index (χ3v) is 3.70. The standard InChI is InChI=1S/C14H11NO2S/c1-2-17-14(16)12-13-10(7-8-18-13)9-5-3-4-6-11(9)15-12/h3-8H,2H2,1H3. The Labute approximate surface area is 108 Å². The van der Waals surface area contributed by atoms with E-state index in [0.717, 1.165) is 21.0 Å². The van der Waals surface area contributed by atoms with Crippen LogP contribution >= 0.6 is 11.3 Å². The molecule has 18 heavy (non-hydrogen) atoms. The topological polar surface area (TPSA) is 39.2 Å². The lowest BCUT2D eigenvalue weighted by Gasteiger charge is -2.05. The molecule has 3 rings (SSSR count). The van der Waals surface area contributed by atoms with Crippen molar-refractivity contribution >= 4 is 38.3 Å². The van der Waals surface area contributed by atoms with Gasteiger partial charge in [0, 0.05) is 10.8 Å². The molecular weight excluding hydrogens is 246 g/mol. The summed E-state index contributed by atoms with van der Waals surface area (Å²) in [6, 6.07) is 9.85. The lowest BCUT2D eigenvalue weighted by molar-refractivity contribution is 0.0523. The zero-order valence-electron chi connectivity index (χ0n) is 9.84. The molecule has 0 saturated carbocycles. The lowest BCUT2D eigenvalue weighted by atomic mass is 10.1. The van der Waals surface area contributed by atoms with Crippen molar-refractivity contribution in [3.05, 3.63) is 41.4 Å². The summed E-state index contributed by atoms with van der Waals surface area (Å²) in [5.41, 5.74) is 1.24. The molecule has 0 N–H and O–H groups in total. The van der Waals surface area contributed by atoms with Crippen molar-refractivity contribution in [2.24, 2.45) is 0 Å². The highest BCUT2D eigenvalue weighted by Crippen LogP contribution is 2.30. The normalized spacial score (nSPS) is 10.9. The van der Waals surface area contributed by atoms with Gasteiger partial charge < -0.3 is 4.74 Å². The van der Waals surface area contributed by atoms with Gasteiger partial charge in [-0.1, -0.05) is 18.2 Å². The fraction of sp³-hybridized carbons (Fsp3) is 0.143. The number of pyridine rings is 1. The molecule has 0 fully saturated rings. The van der Waals surface area contributed by atoms with Gasteiger partial charge in [0.15, 0.2) is 5.69 Å². The van der Waals surface area contributed by atoms with Gasteiger partial charge in [-0.3, -0.25) is 0 Å². The SMILES string of the molecule is CCOC(=O)c1nc2ccccc2c2ccsc12. The van der Waals surface area contributed by atoms with Crippen molar-refractivity contribution in [2.45, 2.75) is 6.92 Å². The van der Waals surface area contributed by atoms with Gasteiger partial charge in [-0.05, 0) is 24.4 Å². The van der Waals surface area contributed by atoms with Crippen LogP contribution in [0.1, 0.15) is 17.4 Å². The number of rotatable bonds is 2. The Bertz CT molecular complexity index is 733. The molecule has 0 saturated heterocycles. The molecule has 90 valence electrons. The van der Waals surface area contributed by atoms with E-state index in [1.165, 1.54) is 11.3 Å². The summed E-state index contributed by atoms with van der Waals surface area (Å²) in [6.07, 6.45) is 0. The summed E-state index contributed by atoms with van der Waals surface area (Å²) in [5, 5.41) is 4.11. The van der Waals surface area contributed by atoms with E-state index in [0.29, 0.717) is 12.3 Å². The van der Waals surface area contributed by atoms with Crippen LogP contribution in [0, 0.1) is 0 Å². The molecule has 0 spiro atoms. The van der Waals surface area contributed by atoms with Crippen LogP contribution < -0.4 is 0 Å². The Morgan fingerprint density at radius 2 is 2.11 bits per heavy atom. The Morgan fingerprint density at radius 3 is 2.94 bits per heavy atom. The molecule has 0 aliphatic heterocycles. The summed E-state index contributed by atoms with van der Waals surface area (Å²) in [6.45, 7) is 2.16. The summed E-state index contributed by atoms with van der Waals surface area (Å²) in [7, 11) is 0. The fourth-order valence-electron chi connectivity index (χ4n) is 2.01. The minimum atomic E-state index is -0.351. The molecule has 0 aliphatic carbocycles. The predicted molar refractivity (Wildman–Crippen MR) is 73.1 cm³/mol. The predicted octanol–water partition coefficient (Wildman–Crippen LogP) is 3.63. The van der Waals surface area contributed by atoms with Gasteiger partial charge in [0.2, 0.25) is 0 Å². The minimum absolute atomic E-state index is 0.351. The second-order valence-electron chi connectivity index (χ2n) is 3.86. The Kier molecular flexibility index (Phi) is 2.72. The number of aromatic nitrogens is 1. The van der Waals surface area contributed by atoms with E-state index in [2.05, 4.69) is 4.98 Å². The van der Waals surface area contributed by atoms with E-state index < -0.39 is 0 Å². The van der Waals surface area contributed by atoms with E-state index in [1.807, 2.05) is 35.7 Å². The number of carbonyl (C=O) groups excluding carboxylic acids is 1. The monoisotopic (exact) mass is 257 g/mol. The average Bonchev–Trinajstić information content (AvgIpc) is 2.87. The molecule has 1 aromatic carbocycles. The fourth-order valence-corrected chi connectivity index (χ4v) is 2.90. The van der Waals surface area contributed by atoms with Crippen LogP contribution in [0.15, 0.2) is 35.7 Å². The number of para-hydroxylation sites is 1. The number of carbonyl (C=O) groups is 1. The highest BCUT2D eigenvalue weighted by Gasteiger charge is 2.16. The molecular formula is C14H11NO2S. The van der Waals surface area contributed by atoms with Crippen molar-refractivity contribution in [1.29, 1.82) is 0 Å². The van der Waals surface area contributed by atoms with Crippen LogP contribution in [-0.2, 0) is 4.74 Å². The third-order valence-electron chi connectivity index (χ3n) is 2.78. The number of ether oxygens (including phenoxy) is 1. The van der Waals surface area contributed by atoms with Crippen molar-refractivity contribution in [3.8, 4) is 0 Å². The van der Waals surface area contributed by atoms with E-state index in [-0.39, 0.29) is 5.97 Å². The zero-order valence-corrected chi connectivity index (χ0v) is 10.7. The molecule has 0 bridgehead atoms. The highest BCUT2D eigenvalue weighted by atomic mass is 32.1. The van der Waals surface area contributed by atoms with Crippen molar-refractivity contribution in [2.75, 3.05) is 6.61 Å². The molecule has 0 aliphatic rings. The van der Waals surface area contributed by atoms with Gasteiger partial charge in [-0.2, -0.15) is 0 Å². The zero-order chi connectivity index (χ0) is 12.5. The number of esters is 1. The summed E-state index contributed by atoms with van der Waals surface area (Å²) < 4.78 is 5.96. The number of fused-ring (bicyclic) bond motifs is 3. The van der Waals surface area contributed by atoms with Crippen molar-refractivity contribution in [1.82, 2.24) is 4.98 Å². The molecule has 2 heterocycles. The summed E-state index contributed by atoms with van der Waals surface area (Å²) in [5.74, 6) is -0.351. The summed E-state index contributed by atoms with van der Waals surface area (Å²) in [4.78, 5) is 16.4. The Balaban J connectivity index is 2.35. The first kappa shape index (κ1) is 11.2. The molecule has 0 amide bonds. The molecule has 4 heteroatoms. The number of hydrogen-bond acceptors (Lipinski definition) is 4. The van der Waals surface area contributed by atoms with E-state index >= 15 is 0 Å². The van der Waals surface area contributed by atoms with Crippen LogP contribution in [0.3, 0.4) is 0 Å². The number of thiophene rings is 1. The second-order valence-corrected chi connectivity index (χ2v) is 4.78. The van der Waals surface area contributed by atoms with Gasteiger partial charge in [0.05, 0.1) is 16.8 Å². The van der Waals surface area contributed by atoms with Crippen LogP contribution in [0.5, 0.6) is 0 Å². The van der Waals surface area contributed by atoms with Gasteiger partial charge in [-0.15, -0.1) is 11.3 Å². The third kappa shape index (κ3) is 1.66. The average molecular weight is 257 g/mol. The van der Waals surface area contributed by atoms with Crippen molar-refractivity contribution < 1.29 is 9.53 Å². The van der Waals surface area contributed by atoms with Crippen LogP contribution in [0.2, 0.25) is 0 Å². The molecule has 0 radical (unpaired) electrons. The van der Waals surface area contributed by atoms with Crippen LogP contribution in [0.25, 0.3) is 21.0 Å². The number of hydrogen-bond donors (Lipinski definition) is 0. The van der Waals surface area contributed by atoms with Gasteiger partial charge in [-0.25, -0.2) is 9.78 Å². The first-order valence-electron chi connectivity index (χ1n) is 5.74. The number of nitrogens with zero attached hydrogens (tertiary/aromatic N) is 1. The van der Waals surface area contributed by atoms with Gasteiger partial charge in [0.25, 0.3) is 0 Å². The maximum Gasteiger partial charge on any atom is 0.358 e. The van der Waals surface area contributed by atoms with Gasteiger partial charge in [0.1, 0.15) is 0 Å². The maximum atomic E-state index is 11.9. The molecule has 0 unspecified atom stereocenters. The quantitative estimate of drug-likeness (QED) is 0.658. The molecule has 3 aromatic rings. The van der Waals surface area contributed by atoms with E-state index in [1.54, 1.807) is 6.92 Å². The number of benzene rings is 1. The Morgan fingerprint density at radius 1 is 1.28 bits per heavy atom. The smallest absolute Gasteiger partial charge is 0.358 e. The molecule has 0 atom stereocenters. The summed E-state index contributed by atoms with van der Waals surface area (Å²) >= 11 is 1.52. The Hall–Kier alpha value is -1.94. The molecule has 3 nitrogen and oxygen atoms in total. The lowest BCUT2D eigenvalue weighted by Crippen LogP contribution is -2.07. The second kappa shape index (κ2) is 4.38. The first-order chi connectivity index (χ1) is 8.81. The minimum Gasteiger partial charge on any atom is -0.461 e. The van der Waals surface area contributed by atoms with E-state index in [9.17, 15) is 4.79 Å². The molecule has 2 aromatic heterocycles. The van der Waals surface area contributed by atoms with Crippen LogP contribution in [-0.4, -0.2) is 17.6 Å². The first-order valence-corrected chi connectivity index (χ1v) is 6.62. The van der Waals surface area contributed by atoms with Crippen molar-refractivity contribution in [3.63, 3.8) is 0 Å². The van der Waals surface area contributed by atoms with E-state index in [4.69, 9.17) is 4.74 Å².